The lowest BCUT2D eigenvalue weighted by atomic mass is 10.1. The lowest BCUT2D eigenvalue weighted by molar-refractivity contribution is 0.0696. The molecule has 3 N–H and O–H groups in total. The second-order valence-corrected chi connectivity index (χ2v) is 5.00. The van der Waals surface area contributed by atoms with E-state index in [4.69, 9.17) is 0 Å². The summed E-state index contributed by atoms with van der Waals surface area (Å²) in [7, 11) is 1.48. The van der Waals surface area contributed by atoms with Crippen LogP contribution in [0.15, 0.2) is 36.7 Å². The number of hydrogen-bond donors (Lipinski definition) is 3. The van der Waals surface area contributed by atoms with E-state index in [2.05, 4.69) is 20.3 Å². The zero-order valence-electron chi connectivity index (χ0n) is 12.3. The van der Waals surface area contributed by atoms with Gasteiger partial charge in [-0.1, -0.05) is 0 Å². The van der Waals surface area contributed by atoms with Crippen molar-refractivity contribution in [2.24, 2.45) is 0 Å². The number of H-pyrrole nitrogens is 1. The maximum Gasteiger partial charge on any atom is 0.335 e. The van der Waals surface area contributed by atoms with E-state index in [0.717, 1.165) is 16.6 Å². The topological polar surface area (TPSA) is 108 Å². The largest absolute Gasteiger partial charge is 0.478 e. The van der Waals surface area contributed by atoms with Gasteiger partial charge in [0.1, 0.15) is 11.3 Å². The molecule has 0 saturated heterocycles. The first-order chi connectivity index (χ1) is 11.1. The van der Waals surface area contributed by atoms with Crippen molar-refractivity contribution in [1.82, 2.24) is 20.3 Å². The molecule has 3 heterocycles. The van der Waals surface area contributed by atoms with Gasteiger partial charge in [-0.25, -0.2) is 14.8 Å². The molecule has 3 aromatic rings. The number of nitrogens with one attached hydrogen (secondary N) is 2. The third kappa shape index (κ3) is 2.89. The van der Waals surface area contributed by atoms with Crippen molar-refractivity contribution in [3.8, 4) is 0 Å². The number of pyridine rings is 2. The Bertz CT molecular complexity index is 901. The van der Waals surface area contributed by atoms with Gasteiger partial charge in [0.15, 0.2) is 0 Å². The third-order valence-corrected chi connectivity index (χ3v) is 3.51. The van der Waals surface area contributed by atoms with Crippen LogP contribution in [-0.2, 0) is 6.42 Å². The van der Waals surface area contributed by atoms with Crippen LogP contribution in [0.4, 0.5) is 0 Å². The lowest BCUT2D eigenvalue weighted by Crippen LogP contribution is -2.20. The maximum absolute atomic E-state index is 11.8. The second-order valence-electron chi connectivity index (χ2n) is 5.00. The third-order valence-electron chi connectivity index (χ3n) is 3.51. The minimum Gasteiger partial charge on any atom is -0.478 e. The van der Waals surface area contributed by atoms with Crippen molar-refractivity contribution in [3.63, 3.8) is 0 Å². The molecule has 0 aromatic carbocycles. The summed E-state index contributed by atoms with van der Waals surface area (Å²) in [6.07, 6.45) is 3.87. The fraction of sp³-hybridized carbons (Fsp3) is 0.125. The van der Waals surface area contributed by atoms with Gasteiger partial charge in [-0.15, -0.1) is 0 Å². The van der Waals surface area contributed by atoms with Crippen LogP contribution in [0, 0.1) is 0 Å². The van der Waals surface area contributed by atoms with Crippen molar-refractivity contribution in [3.05, 3.63) is 59.2 Å². The summed E-state index contributed by atoms with van der Waals surface area (Å²) in [6.45, 7) is 0. The van der Waals surface area contributed by atoms with Crippen molar-refractivity contribution < 1.29 is 14.7 Å². The number of aromatic nitrogens is 3. The van der Waals surface area contributed by atoms with Gasteiger partial charge in [0, 0.05) is 36.9 Å². The summed E-state index contributed by atoms with van der Waals surface area (Å²) < 4.78 is 0. The Labute approximate surface area is 131 Å². The van der Waals surface area contributed by atoms with E-state index in [1.165, 1.54) is 19.2 Å². The molecule has 23 heavy (non-hydrogen) atoms. The van der Waals surface area contributed by atoms with E-state index >= 15 is 0 Å². The first-order valence-corrected chi connectivity index (χ1v) is 6.96. The lowest BCUT2D eigenvalue weighted by Gasteiger charge is -2.07. The summed E-state index contributed by atoms with van der Waals surface area (Å²) in [5.74, 6) is -1.52. The fourth-order valence-corrected chi connectivity index (χ4v) is 2.41. The number of aromatic amines is 1. The van der Waals surface area contributed by atoms with Crippen molar-refractivity contribution >= 4 is 22.9 Å². The predicted octanol–water partition coefficient (Wildman–Crippen LogP) is 1.61. The summed E-state index contributed by atoms with van der Waals surface area (Å²) in [5, 5.41) is 12.6. The summed E-state index contributed by atoms with van der Waals surface area (Å²) in [6, 6.07) is 6.50. The monoisotopic (exact) mass is 310 g/mol. The number of carbonyl (C=O) groups is 2. The number of carbonyl (C=O) groups excluding carboxylic acids is 1. The molecule has 1 amide bonds. The second kappa shape index (κ2) is 5.88. The van der Waals surface area contributed by atoms with Crippen LogP contribution in [0.25, 0.3) is 11.0 Å². The number of amides is 1. The predicted molar refractivity (Wildman–Crippen MR) is 83.5 cm³/mol. The summed E-state index contributed by atoms with van der Waals surface area (Å²) in [4.78, 5) is 34.6. The van der Waals surface area contributed by atoms with E-state index in [1.54, 1.807) is 12.4 Å². The highest BCUT2D eigenvalue weighted by atomic mass is 16.4. The smallest absolute Gasteiger partial charge is 0.335 e. The Hall–Kier alpha value is -3.22. The maximum atomic E-state index is 11.8. The van der Waals surface area contributed by atoms with Crippen molar-refractivity contribution in [1.29, 1.82) is 0 Å². The number of carboxylic acid groups (broad SMARTS) is 1. The SMILES string of the molecule is CNC(=O)c1cc(C(=O)O)cc(Cc2ccnc3[nH]ccc23)n1. The van der Waals surface area contributed by atoms with Gasteiger partial charge in [-0.05, 0) is 29.8 Å². The molecule has 0 fully saturated rings. The molecular weight excluding hydrogens is 296 g/mol. The van der Waals surface area contributed by atoms with Crippen LogP contribution in [0.3, 0.4) is 0 Å². The van der Waals surface area contributed by atoms with Crippen LogP contribution in [0.2, 0.25) is 0 Å². The van der Waals surface area contributed by atoms with Crippen molar-refractivity contribution in [2.45, 2.75) is 6.42 Å². The van der Waals surface area contributed by atoms with E-state index < -0.39 is 11.9 Å². The minimum absolute atomic E-state index is 0.0352. The van der Waals surface area contributed by atoms with Crippen molar-refractivity contribution in [2.75, 3.05) is 7.05 Å². The van der Waals surface area contributed by atoms with Crippen LogP contribution >= 0.6 is 0 Å². The number of rotatable bonds is 4. The molecule has 0 atom stereocenters. The van der Waals surface area contributed by atoms with Gasteiger partial charge in [-0.3, -0.25) is 4.79 Å². The molecule has 0 radical (unpaired) electrons. The quantitative estimate of drug-likeness (QED) is 0.678. The number of aromatic carboxylic acids is 1. The Kier molecular flexibility index (Phi) is 3.76. The van der Waals surface area contributed by atoms with Crippen LogP contribution in [0.1, 0.15) is 32.1 Å². The first kappa shape index (κ1) is 14.7. The first-order valence-electron chi connectivity index (χ1n) is 6.96. The van der Waals surface area contributed by atoms with Crippen LogP contribution in [-0.4, -0.2) is 39.0 Å². The average Bonchev–Trinajstić information content (AvgIpc) is 3.03. The van der Waals surface area contributed by atoms with E-state index in [-0.39, 0.29) is 11.3 Å². The zero-order chi connectivity index (χ0) is 16.4. The number of nitrogens with zero attached hydrogens (tertiary/aromatic N) is 2. The van der Waals surface area contributed by atoms with Crippen LogP contribution in [0.5, 0.6) is 0 Å². The number of hydrogen-bond acceptors (Lipinski definition) is 4. The van der Waals surface area contributed by atoms with Gasteiger partial charge in [0.25, 0.3) is 5.91 Å². The molecule has 0 aliphatic carbocycles. The summed E-state index contributed by atoms with van der Waals surface area (Å²) in [5.41, 5.74) is 2.34. The highest BCUT2D eigenvalue weighted by molar-refractivity contribution is 5.96. The van der Waals surface area contributed by atoms with Gasteiger partial charge in [0.2, 0.25) is 0 Å². The van der Waals surface area contributed by atoms with E-state index in [1.807, 2.05) is 12.1 Å². The molecule has 0 saturated carbocycles. The minimum atomic E-state index is -1.10. The standard InChI is InChI=1S/C16H14N4O3/c1-17-15(21)13-8-10(16(22)23)7-11(20-13)6-9-2-4-18-14-12(9)3-5-19-14/h2-5,7-8H,6H2,1H3,(H,17,21)(H,18,19)(H,22,23). The molecule has 3 rings (SSSR count). The Morgan fingerprint density at radius 3 is 2.87 bits per heavy atom. The number of carboxylic acids is 1. The molecule has 7 nitrogen and oxygen atoms in total. The zero-order valence-corrected chi connectivity index (χ0v) is 12.3. The van der Waals surface area contributed by atoms with Crippen LogP contribution < -0.4 is 5.32 Å². The molecule has 7 heteroatoms. The summed E-state index contributed by atoms with van der Waals surface area (Å²) >= 11 is 0. The van der Waals surface area contributed by atoms with E-state index in [9.17, 15) is 14.7 Å². The number of fused-ring (bicyclic) bond motifs is 1. The Balaban J connectivity index is 2.05. The molecule has 0 unspecified atom stereocenters. The highest BCUT2D eigenvalue weighted by Crippen LogP contribution is 2.19. The fourth-order valence-electron chi connectivity index (χ4n) is 2.41. The van der Waals surface area contributed by atoms with Gasteiger partial charge >= 0.3 is 5.97 Å². The van der Waals surface area contributed by atoms with Gasteiger partial charge < -0.3 is 15.4 Å². The molecule has 0 aliphatic rings. The Morgan fingerprint density at radius 1 is 1.30 bits per heavy atom. The molecule has 0 bridgehead atoms. The molecule has 3 aromatic heterocycles. The average molecular weight is 310 g/mol. The normalized spacial score (nSPS) is 10.7. The molecule has 0 spiro atoms. The molecule has 0 aliphatic heterocycles. The van der Waals surface area contributed by atoms with Gasteiger partial charge in [0.05, 0.1) is 5.56 Å². The Morgan fingerprint density at radius 2 is 2.13 bits per heavy atom. The van der Waals surface area contributed by atoms with E-state index in [0.29, 0.717) is 12.1 Å². The molecular formula is C16H14N4O3. The molecule has 116 valence electrons. The highest BCUT2D eigenvalue weighted by Gasteiger charge is 2.14. The van der Waals surface area contributed by atoms with Gasteiger partial charge in [-0.2, -0.15) is 0 Å².